The molecule has 0 bridgehead atoms. The van der Waals surface area contributed by atoms with Crippen LogP contribution < -0.4 is 10.1 Å². The highest BCUT2D eigenvalue weighted by Gasteiger charge is 2.26. The third-order valence-corrected chi connectivity index (χ3v) is 5.54. The number of ether oxygens (including phenoxy) is 1. The molecule has 0 saturated carbocycles. The van der Waals surface area contributed by atoms with Gasteiger partial charge in [0.2, 0.25) is 5.88 Å². The molecule has 3 heterocycles. The number of nitrogens with zero attached hydrogens (tertiary/aromatic N) is 4. The molecule has 0 aromatic carbocycles. The molecule has 12 heteroatoms. The van der Waals surface area contributed by atoms with E-state index < -0.39 is 15.9 Å². The van der Waals surface area contributed by atoms with Gasteiger partial charge in [-0.3, -0.25) is 4.79 Å². The summed E-state index contributed by atoms with van der Waals surface area (Å²) in [7, 11) is -3.43. The van der Waals surface area contributed by atoms with Gasteiger partial charge in [0.05, 0.1) is 11.9 Å². The molecule has 1 fully saturated rings. The van der Waals surface area contributed by atoms with Gasteiger partial charge in [0, 0.05) is 32.2 Å². The summed E-state index contributed by atoms with van der Waals surface area (Å²) in [6.45, 7) is 2.03. The fraction of sp³-hybridized carbons (Fsp3) is 0.389. The Morgan fingerprint density at radius 3 is 2.43 bits per heavy atom. The molecule has 0 spiro atoms. The molecular weight excluding hydrogens is 414 g/mol. The van der Waals surface area contributed by atoms with Crippen molar-refractivity contribution in [2.75, 3.05) is 24.7 Å². The number of hydrogen-bond acceptors (Lipinski definition) is 9. The number of likely N-dealkylation sites (tertiary alicyclic amines) is 1. The quantitative estimate of drug-likeness (QED) is 0.642. The third-order valence-electron chi connectivity index (χ3n) is 4.53. The monoisotopic (exact) mass is 435 g/mol. The predicted octanol–water partition coefficient (Wildman–Crippen LogP) is 1.74. The highest BCUT2D eigenvalue weighted by atomic mass is 32.2. The van der Waals surface area contributed by atoms with Crippen LogP contribution in [0.4, 0.5) is 16.3 Å². The number of carboxylic acid groups (broad SMARTS) is 1. The number of ketones is 1. The zero-order chi connectivity index (χ0) is 21.9. The fourth-order valence-corrected chi connectivity index (χ4v) is 3.56. The van der Waals surface area contributed by atoms with Gasteiger partial charge in [-0.05, 0) is 19.1 Å². The van der Waals surface area contributed by atoms with Crippen LogP contribution in [0.3, 0.4) is 0 Å². The van der Waals surface area contributed by atoms with E-state index in [0.29, 0.717) is 31.6 Å². The van der Waals surface area contributed by atoms with Crippen LogP contribution in [0.2, 0.25) is 0 Å². The topological polar surface area (TPSA) is 152 Å². The van der Waals surface area contributed by atoms with E-state index in [1.165, 1.54) is 36.5 Å². The molecule has 0 unspecified atom stereocenters. The molecule has 1 aliphatic rings. The third kappa shape index (κ3) is 5.00. The molecule has 1 aliphatic heterocycles. The molecule has 30 heavy (non-hydrogen) atoms. The van der Waals surface area contributed by atoms with E-state index in [0.717, 1.165) is 6.26 Å². The van der Waals surface area contributed by atoms with E-state index in [2.05, 4.69) is 20.3 Å². The summed E-state index contributed by atoms with van der Waals surface area (Å²) in [4.78, 5) is 36.7. The molecule has 1 amide bonds. The number of aromatic nitrogens is 3. The summed E-state index contributed by atoms with van der Waals surface area (Å²) >= 11 is 0. The zero-order valence-corrected chi connectivity index (χ0v) is 17.2. The Morgan fingerprint density at radius 2 is 1.90 bits per heavy atom. The Balaban J connectivity index is 1.80. The zero-order valence-electron chi connectivity index (χ0n) is 16.4. The molecule has 0 radical (unpaired) electrons. The van der Waals surface area contributed by atoms with Gasteiger partial charge in [-0.2, -0.15) is 0 Å². The lowest BCUT2D eigenvalue weighted by molar-refractivity contribution is 0.0853. The van der Waals surface area contributed by atoms with Crippen LogP contribution in [-0.2, 0) is 9.84 Å². The van der Waals surface area contributed by atoms with Crippen LogP contribution in [0.1, 0.15) is 30.1 Å². The van der Waals surface area contributed by atoms with Crippen molar-refractivity contribution in [3.8, 4) is 5.88 Å². The second-order valence-electron chi connectivity index (χ2n) is 6.83. The number of pyridine rings is 1. The average molecular weight is 435 g/mol. The normalized spacial score (nSPS) is 14.9. The average Bonchev–Trinajstić information content (AvgIpc) is 2.68. The van der Waals surface area contributed by atoms with Crippen LogP contribution in [0.25, 0.3) is 0 Å². The lowest BCUT2D eigenvalue weighted by Crippen LogP contribution is -2.41. The van der Waals surface area contributed by atoms with Gasteiger partial charge in [-0.15, -0.1) is 0 Å². The molecule has 2 N–H and O–H groups in total. The first-order valence-corrected chi connectivity index (χ1v) is 11.0. The van der Waals surface area contributed by atoms with Crippen molar-refractivity contribution in [2.24, 2.45) is 0 Å². The summed E-state index contributed by atoms with van der Waals surface area (Å²) in [5, 5.41) is 11.9. The molecule has 160 valence electrons. The maximum Gasteiger partial charge on any atom is 0.407 e. The van der Waals surface area contributed by atoms with Crippen molar-refractivity contribution in [3.05, 3.63) is 30.2 Å². The number of Topliss-reactive ketones (excluding diaryl/α,β-unsaturated/α-hetero) is 1. The van der Waals surface area contributed by atoms with Gasteiger partial charge >= 0.3 is 6.09 Å². The molecule has 0 aliphatic carbocycles. The van der Waals surface area contributed by atoms with Crippen molar-refractivity contribution < 1.29 is 27.9 Å². The van der Waals surface area contributed by atoms with Crippen LogP contribution >= 0.6 is 0 Å². The minimum Gasteiger partial charge on any atom is -0.474 e. The molecule has 3 rings (SSSR count). The summed E-state index contributed by atoms with van der Waals surface area (Å²) in [5.41, 5.74) is 0.578. The van der Waals surface area contributed by atoms with E-state index in [9.17, 15) is 18.0 Å². The summed E-state index contributed by atoms with van der Waals surface area (Å²) in [6.07, 6.45) is 3.34. The highest BCUT2D eigenvalue weighted by molar-refractivity contribution is 7.90. The minimum atomic E-state index is -3.43. The number of nitrogens with one attached hydrogen (secondary N) is 1. The number of amides is 1. The number of sulfone groups is 1. The van der Waals surface area contributed by atoms with Gasteiger partial charge in [-0.1, -0.05) is 0 Å². The number of carbonyl (C=O) groups is 2. The van der Waals surface area contributed by atoms with Gasteiger partial charge in [0.1, 0.15) is 23.8 Å². The van der Waals surface area contributed by atoms with E-state index in [-0.39, 0.29) is 34.2 Å². The maximum atomic E-state index is 12.3. The number of rotatable bonds is 6. The number of carbonyl (C=O) groups excluding carboxylic acids is 1. The van der Waals surface area contributed by atoms with E-state index >= 15 is 0 Å². The van der Waals surface area contributed by atoms with Gasteiger partial charge in [0.15, 0.2) is 20.6 Å². The lowest BCUT2D eigenvalue weighted by Gasteiger charge is -2.30. The van der Waals surface area contributed by atoms with Gasteiger partial charge < -0.3 is 20.1 Å². The Kier molecular flexibility index (Phi) is 6.15. The first-order valence-electron chi connectivity index (χ1n) is 9.08. The first-order chi connectivity index (χ1) is 14.1. The van der Waals surface area contributed by atoms with Crippen molar-refractivity contribution in [1.29, 1.82) is 0 Å². The number of hydrogen-bond donors (Lipinski definition) is 2. The largest absolute Gasteiger partial charge is 0.474 e. The lowest BCUT2D eigenvalue weighted by atomic mass is 10.1. The molecular formula is C18H21N5O6S. The highest BCUT2D eigenvalue weighted by Crippen LogP contribution is 2.28. The van der Waals surface area contributed by atoms with E-state index in [1.807, 2.05) is 0 Å². The first kappa shape index (κ1) is 21.4. The van der Waals surface area contributed by atoms with Gasteiger partial charge in [-0.25, -0.2) is 28.2 Å². The molecule has 11 nitrogen and oxygen atoms in total. The Hall–Kier alpha value is -3.28. The Labute approximate surface area is 173 Å². The van der Waals surface area contributed by atoms with Crippen molar-refractivity contribution in [2.45, 2.75) is 30.9 Å². The number of piperidine rings is 1. The van der Waals surface area contributed by atoms with Crippen LogP contribution in [0.5, 0.6) is 5.88 Å². The molecule has 2 aromatic heterocycles. The number of anilines is 2. The molecule has 0 atom stereocenters. The molecule has 2 aromatic rings. The minimum absolute atomic E-state index is 0.0701. The predicted molar refractivity (Wildman–Crippen MR) is 106 cm³/mol. The smallest absolute Gasteiger partial charge is 0.407 e. The van der Waals surface area contributed by atoms with E-state index in [4.69, 9.17) is 9.84 Å². The second-order valence-corrected chi connectivity index (χ2v) is 8.79. The van der Waals surface area contributed by atoms with Crippen LogP contribution in [0, 0.1) is 0 Å². The van der Waals surface area contributed by atoms with Crippen LogP contribution in [-0.4, -0.2) is 70.7 Å². The standard InChI is InChI=1S/C18H21N5O6S/c1-11(24)15-16(22-12-3-4-14(19-9-12)30(2,27)28)20-10-21-17(15)29-13-5-7-23(8-6-13)18(25)26/h3-4,9-10,13H,5-8H2,1-2H3,(H,25,26)(H,20,21,22). The van der Waals surface area contributed by atoms with Gasteiger partial charge in [0.25, 0.3) is 0 Å². The van der Waals surface area contributed by atoms with Crippen molar-refractivity contribution >= 4 is 33.2 Å². The fourth-order valence-electron chi connectivity index (χ4n) is 3.00. The Bertz CT molecular complexity index is 1050. The van der Waals surface area contributed by atoms with Crippen LogP contribution in [0.15, 0.2) is 29.7 Å². The Morgan fingerprint density at radius 1 is 1.20 bits per heavy atom. The maximum absolute atomic E-state index is 12.3. The van der Waals surface area contributed by atoms with Crippen molar-refractivity contribution in [3.63, 3.8) is 0 Å². The summed E-state index contributed by atoms with van der Waals surface area (Å²) in [5.74, 6) is -0.0179. The SMILES string of the molecule is CC(=O)c1c(Nc2ccc(S(C)(=O)=O)nc2)ncnc1OC1CCN(C(=O)O)CC1. The second kappa shape index (κ2) is 8.61. The summed E-state index contributed by atoms with van der Waals surface area (Å²) < 4.78 is 29.0. The van der Waals surface area contributed by atoms with E-state index in [1.54, 1.807) is 0 Å². The van der Waals surface area contributed by atoms with Crippen molar-refractivity contribution in [1.82, 2.24) is 19.9 Å². The molecule has 1 saturated heterocycles. The summed E-state index contributed by atoms with van der Waals surface area (Å²) in [6, 6.07) is 2.86.